The van der Waals surface area contributed by atoms with Gasteiger partial charge in [-0.05, 0) is 41.3 Å². The summed E-state index contributed by atoms with van der Waals surface area (Å²) in [4.78, 5) is 1.91. The molecular weight excluding hydrogens is 617 g/mol. The van der Waals surface area contributed by atoms with Gasteiger partial charge < -0.3 is 14.1 Å². The lowest BCUT2D eigenvalue weighted by molar-refractivity contribution is -0.677. The normalized spacial score (nSPS) is 15.0. The maximum Gasteiger partial charge on any atom is 0.374 e. The summed E-state index contributed by atoms with van der Waals surface area (Å²) in [6.07, 6.45) is 4.72. The molecule has 0 saturated heterocycles. The summed E-state index contributed by atoms with van der Waals surface area (Å²) < 4.78 is 79.4. The average Bonchev–Trinajstić information content (AvgIpc) is 3.53. The molecule has 0 unspecified atom stereocenters. The van der Waals surface area contributed by atoms with Crippen LogP contribution in [0.3, 0.4) is 0 Å². The number of allylic oxidation sites excluding steroid dienone is 2. The summed E-state index contributed by atoms with van der Waals surface area (Å²) in [5.41, 5.74) is 3.09. The highest BCUT2D eigenvalue weighted by atomic mass is 32.2. The van der Waals surface area contributed by atoms with Crippen LogP contribution in [-0.2, 0) is 26.8 Å². The Bertz CT molecular complexity index is 2200. The van der Waals surface area contributed by atoms with E-state index in [1.807, 2.05) is 101 Å². The Kier molecular flexibility index (Phi) is 8.40. The lowest BCUT2D eigenvalue weighted by Crippen LogP contribution is -2.36. The molecule has 0 spiro atoms. The molecule has 2 heterocycles. The lowest BCUT2D eigenvalue weighted by atomic mass is 10.1. The van der Waals surface area contributed by atoms with E-state index in [4.69, 9.17) is 9.15 Å². The Labute approximate surface area is 261 Å². The Morgan fingerprint density at radius 2 is 1.49 bits per heavy atom. The van der Waals surface area contributed by atoms with E-state index in [1.54, 1.807) is 0 Å². The second-order valence-corrected chi connectivity index (χ2v) is 14.1. The lowest BCUT2D eigenvalue weighted by Gasteiger charge is -2.18. The van der Waals surface area contributed by atoms with E-state index in [0.29, 0.717) is 42.6 Å². The Hall–Kier alpha value is -4.23. The van der Waals surface area contributed by atoms with E-state index >= 15 is 0 Å². The van der Waals surface area contributed by atoms with Crippen LogP contribution < -0.4 is 14.2 Å². The number of hydrogen-bond donors (Lipinski definition) is 2. The van der Waals surface area contributed by atoms with Crippen molar-refractivity contribution in [3.8, 4) is 5.75 Å². The molecule has 1 aliphatic heterocycles. The van der Waals surface area contributed by atoms with E-state index in [0.717, 1.165) is 38.3 Å². The molecule has 0 bridgehead atoms. The number of rotatable bonds is 11. The minimum absolute atomic E-state index is 0.182. The number of fused-ring (bicyclic) bond motifs is 6. The van der Waals surface area contributed by atoms with Crippen molar-refractivity contribution in [3.63, 3.8) is 0 Å². The number of ether oxygens (including phenoxy) is 1. The summed E-state index contributed by atoms with van der Waals surface area (Å²) in [7, 11) is -8.26. The maximum atomic E-state index is 11.5. The van der Waals surface area contributed by atoms with Crippen LogP contribution in [0.4, 0.5) is 5.69 Å². The second-order valence-electron chi connectivity index (χ2n) is 11.0. The smallest absolute Gasteiger partial charge is 0.374 e. The summed E-state index contributed by atoms with van der Waals surface area (Å²) in [6, 6.07) is 23.5. The van der Waals surface area contributed by atoms with Crippen LogP contribution in [0.5, 0.6) is 5.75 Å². The van der Waals surface area contributed by atoms with E-state index in [1.165, 1.54) is 0 Å². The number of anilines is 1. The zero-order valence-electron chi connectivity index (χ0n) is 24.6. The highest BCUT2D eigenvalue weighted by molar-refractivity contribution is 7.86. The van der Waals surface area contributed by atoms with Gasteiger partial charge in [-0.25, -0.2) is 0 Å². The van der Waals surface area contributed by atoms with Gasteiger partial charge >= 0.3 is 5.89 Å². The van der Waals surface area contributed by atoms with Crippen LogP contribution in [0.25, 0.3) is 38.7 Å². The number of oxazole rings is 1. The number of benzene rings is 4. The topological polar surface area (TPSA) is 138 Å². The van der Waals surface area contributed by atoms with Crippen LogP contribution >= 0.6 is 0 Å². The van der Waals surface area contributed by atoms with Gasteiger partial charge in [0.15, 0.2) is 12.3 Å². The van der Waals surface area contributed by atoms with Gasteiger partial charge in [0.2, 0.25) is 11.5 Å². The molecule has 0 fully saturated rings. The third kappa shape index (κ3) is 6.74. The average molecular weight is 650 g/mol. The van der Waals surface area contributed by atoms with Crippen LogP contribution in [-0.4, -0.2) is 44.0 Å². The molecule has 2 N–H and O–H groups in total. The third-order valence-corrected chi connectivity index (χ3v) is 9.45. The zero-order chi connectivity index (χ0) is 31.8. The first-order chi connectivity index (χ1) is 21.5. The predicted molar refractivity (Wildman–Crippen MR) is 174 cm³/mol. The fraction of sp³-hybridized carbons (Fsp3) is 0.242. The molecule has 1 aromatic heterocycles. The van der Waals surface area contributed by atoms with Crippen LogP contribution in [0, 0.1) is 0 Å². The van der Waals surface area contributed by atoms with Crippen molar-refractivity contribution in [3.05, 3.63) is 96.2 Å². The third-order valence-electron chi connectivity index (χ3n) is 7.84. The van der Waals surface area contributed by atoms with Gasteiger partial charge in [-0.1, -0.05) is 61.5 Å². The Balaban J connectivity index is 1.43. The fourth-order valence-corrected chi connectivity index (χ4v) is 6.70. The number of nitrogens with zero attached hydrogens (tertiary/aromatic N) is 2. The van der Waals surface area contributed by atoms with Gasteiger partial charge in [0.1, 0.15) is 0 Å². The molecule has 10 nitrogen and oxygen atoms in total. The molecule has 0 aliphatic carbocycles. The van der Waals surface area contributed by atoms with E-state index in [2.05, 4.69) is 0 Å². The number of aryl methyl sites for hydroxylation is 1. The Morgan fingerprint density at radius 3 is 2.20 bits per heavy atom. The van der Waals surface area contributed by atoms with Crippen molar-refractivity contribution in [2.45, 2.75) is 32.7 Å². The molecule has 5 aromatic rings. The molecule has 45 heavy (non-hydrogen) atoms. The highest BCUT2D eigenvalue weighted by Gasteiger charge is 2.29. The largest absolute Gasteiger partial charge is 0.438 e. The van der Waals surface area contributed by atoms with Gasteiger partial charge in [0.05, 0.1) is 23.3 Å². The van der Waals surface area contributed by atoms with Gasteiger partial charge in [-0.2, -0.15) is 21.4 Å². The first-order valence-electron chi connectivity index (χ1n) is 14.6. The van der Waals surface area contributed by atoms with E-state index < -0.39 is 20.2 Å². The quantitative estimate of drug-likeness (QED) is 0.128. The minimum atomic E-state index is -4.13. The first kappa shape index (κ1) is 30.8. The van der Waals surface area contributed by atoms with Gasteiger partial charge in [0, 0.05) is 35.9 Å². The van der Waals surface area contributed by atoms with Gasteiger partial charge in [0.25, 0.3) is 25.8 Å². The summed E-state index contributed by atoms with van der Waals surface area (Å²) in [5, 5.41) is 3.84. The van der Waals surface area contributed by atoms with Gasteiger partial charge in [-0.3, -0.25) is 9.11 Å². The SMILES string of the molecule is CCC(=Cc1oc2c3ccccc3ccc2[n+]1CCCS(=O)(=O)O)C=C1Oc2c(ccc3ccccc23)N1CCCS(=O)(=O)O. The van der Waals surface area contributed by atoms with Crippen LogP contribution in [0.2, 0.25) is 0 Å². The molecule has 1 aliphatic rings. The van der Waals surface area contributed by atoms with Crippen LogP contribution in [0.1, 0.15) is 32.1 Å². The van der Waals surface area contributed by atoms with Gasteiger partial charge in [-0.15, -0.1) is 0 Å². The second kappa shape index (κ2) is 12.3. The summed E-state index contributed by atoms with van der Waals surface area (Å²) >= 11 is 0. The number of aromatic nitrogens is 1. The molecular formula is C33H33N2O8S2+. The monoisotopic (exact) mass is 649 g/mol. The molecule has 0 amide bonds. The summed E-state index contributed by atoms with van der Waals surface area (Å²) in [6.45, 7) is 2.57. The van der Waals surface area contributed by atoms with Crippen molar-refractivity contribution in [1.29, 1.82) is 0 Å². The maximum absolute atomic E-state index is 11.5. The van der Waals surface area contributed by atoms with E-state index in [-0.39, 0.29) is 24.3 Å². The zero-order valence-corrected chi connectivity index (χ0v) is 26.2. The summed E-state index contributed by atoms with van der Waals surface area (Å²) in [5.74, 6) is 0.907. The molecule has 6 rings (SSSR count). The van der Waals surface area contributed by atoms with Crippen molar-refractivity contribution in [2.24, 2.45) is 0 Å². The molecule has 0 atom stereocenters. The molecule has 0 radical (unpaired) electrons. The minimum Gasteiger partial charge on any atom is -0.438 e. The van der Waals surface area contributed by atoms with Crippen molar-refractivity contribution in [1.82, 2.24) is 0 Å². The fourth-order valence-electron chi connectivity index (χ4n) is 5.71. The highest BCUT2D eigenvalue weighted by Crippen LogP contribution is 2.44. The first-order valence-corrected chi connectivity index (χ1v) is 17.9. The van der Waals surface area contributed by atoms with Crippen molar-refractivity contribution in [2.75, 3.05) is 23.0 Å². The molecule has 234 valence electrons. The van der Waals surface area contributed by atoms with E-state index in [9.17, 15) is 25.9 Å². The predicted octanol–water partition coefficient (Wildman–Crippen LogP) is 6.12. The standard InChI is InChI=1S/C33H32N2O8S2/c1-2-23(21-30-34(17-7-19-44(36,37)38)28-15-13-24-9-3-5-11-26(24)32(28)42-30)22-31-35(18-8-20-45(39,40)41)29-16-14-25-10-4-6-12-27(25)33(29)43-31/h3-6,9-16,21-22H,2,7-8,17-20H2,1H3,(H-,36,37,38,39,40,41)/p+1. The molecule has 0 saturated carbocycles. The number of hydrogen-bond acceptors (Lipinski definition) is 7. The van der Waals surface area contributed by atoms with Crippen molar-refractivity contribution < 1.29 is 39.7 Å². The molecule has 12 heteroatoms. The molecule has 4 aromatic carbocycles. The Morgan fingerprint density at radius 1 is 0.844 bits per heavy atom. The van der Waals surface area contributed by atoms with Crippen molar-refractivity contribution >= 4 is 64.6 Å². The van der Waals surface area contributed by atoms with Crippen LogP contribution in [0.15, 0.2) is 94.7 Å².